The fraction of sp³-hybridized carbons (Fsp3) is 0.192. The van der Waals surface area contributed by atoms with Crippen molar-refractivity contribution in [3.63, 3.8) is 0 Å². The summed E-state index contributed by atoms with van der Waals surface area (Å²) in [5.74, 6) is 2.29. The third-order valence-electron chi connectivity index (χ3n) is 6.04. The maximum atomic E-state index is 13.8. The van der Waals surface area contributed by atoms with Crippen LogP contribution in [-0.2, 0) is 13.5 Å². The van der Waals surface area contributed by atoms with E-state index in [4.69, 9.17) is 14.5 Å². The van der Waals surface area contributed by atoms with E-state index in [2.05, 4.69) is 4.98 Å². The summed E-state index contributed by atoms with van der Waals surface area (Å²) < 4.78 is 14.4. The predicted molar refractivity (Wildman–Crippen MR) is 129 cm³/mol. The molecular weight excluding hydrogens is 416 g/mol. The molecule has 33 heavy (non-hydrogen) atoms. The van der Waals surface area contributed by atoms with E-state index in [1.165, 1.54) is 0 Å². The van der Waals surface area contributed by atoms with Crippen LogP contribution >= 0.6 is 0 Å². The molecule has 0 radical (unpaired) electrons. The molecule has 0 aliphatic rings. The van der Waals surface area contributed by atoms with E-state index in [0.29, 0.717) is 17.7 Å². The van der Waals surface area contributed by atoms with Gasteiger partial charge in [0.2, 0.25) is 0 Å². The van der Waals surface area contributed by atoms with Crippen LogP contribution in [0.2, 0.25) is 0 Å². The quantitative estimate of drug-likeness (QED) is 0.410. The number of pyridine rings is 2. The minimum atomic E-state index is -0.182. The molecule has 3 heterocycles. The fourth-order valence-electron chi connectivity index (χ4n) is 4.28. The Hall–Kier alpha value is -4.13. The third-order valence-corrected chi connectivity index (χ3v) is 6.04. The summed E-state index contributed by atoms with van der Waals surface area (Å²) in [5.41, 5.74) is 4.38. The molecule has 0 saturated heterocycles. The molecule has 0 spiro atoms. The van der Waals surface area contributed by atoms with Crippen LogP contribution in [0.4, 0.5) is 0 Å². The number of fused-ring (bicyclic) bond motifs is 3. The number of aromatic nitrogens is 4. The minimum absolute atomic E-state index is 0.182. The summed E-state index contributed by atoms with van der Waals surface area (Å²) in [7, 11) is 5.22. The fourth-order valence-corrected chi connectivity index (χ4v) is 4.28. The van der Waals surface area contributed by atoms with Gasteiger partial charge in [-0.05, 0) is 48.9 Å². The largest absolute Gasteiger partial charge is 0.497 e. The molecule has 2 aromatic carbocycles. The number of methoxy groups -OCH3 is 2. The van der Waals surface area contributed by atoms with Crippen molar-refractivity contribution in [2.45, 2.75) is 13.3 Å². The van der Waals surface area contributed by atoms with Gasteiger partial charge in [0.25, 0.3) is 5.56 Å². The Morgan fingerprint density at radius 3 is 2.39 bits per heavy atom. The van der Waals surface area contributed by atoms with Crippen LogP contribution < -0.4 is 15.0 Å². The highest BCUT2D eigenvalue weighted by Gasteiger charge is 2.20. The lowest BCUT2D eigenvalue weighted by molar-refractivity contribution is 0.414. The van der Waals surface area contributed by atoms with E-state index in [0.717, 1.165) is 44.9 Å². The maximum absolute atomic E-state index is 13.8. The molecule has 0 saturated carbocycles. The topological polar surface area (TPSA) is 71.2 Å². The van der Waals surface area contributed by atoms with Crippen molar-refractivity contribution in [1.82, 2.24) is 19.1 Å². The van der Waals surface area contributed by atoms with Gasteiger partial charge in [-0.3, -0.25) is 14.3 Å². The second-order valence-corrected chi connectivity index (χ2v) is 7.94. The average Bonchev–Trinajstić information content (AvgIpc) is 3.16. The van der Waals surface area contributed by atoms with Crippen molar-refractivity contribution in [3.8, 4) is 17.2 Å². The smallest absolute Gasteiger partial charge is 0.283 e. The zero-order chi connectivity index (χ0) is 23.1. The van der Waals surface area contributed by atoms with Gasteiger partial charge in [-0.15, -0.1) is 0 Å². The van der Waals surface area contributed by atoms with Crippen molar-refractivity contribution in [3.05, 3.63) is 88.2 Å². The van der Waals surface area contributed by atoms with Crippen LogP contribution in [0.3, 0.4) is 0 Å². The molecule has 3 aromatic heterocycles. The standard InChI is InChI=1S/C26H24N4O3/c1-16-21(6-5-13-27-16)30-22-15-19(33-4)11-12-20(22)25-24(26(30)31)28-23(29(25)2)14-17-7-9-18(32-3)10-8-17/h5-13,15H,14H2,1-4H3. The number of nitrogens with zero attached hydrogens (tertiary/aromatic N) is 4. The molecule has 0 unspecified atom stereocenters. The lowest BCUT2D eigenvalue weighted by Crippen LogP contribution is -2.20. The van der Waals surface area contributed by atoms with Gasteiger partial charge in [0.1, 0.15) is 17.3 Å². The first kappa shape index (κ1) is 20.8. The van der Waals surface area contributed by atoms with Crippen molar-refractivity contribution in [2.24, 2.45) is 7.05 Å². The normalized spacial score (nSPS) is 11.3. The zero-order valence-corrected chi connectivity index (χ0v) is 19.0. The van der Waals surface area contributed by atoms with Gasteiger partial charge in [0.05, 0.1) is 36.6 Å². The molecule has 5 rings (SSSR count). The highest BCUT2D eigenvalue weighted by molar-refractivity contribution is 6.03. The van der Waals surface area contributed by atoms with Gasteiger partial charge in [-0.2, -0.15) is 0 Å². The van der Waals surface area contributed by atoms with Crippen LogP contribution in [0.1, 0.15) is 17.1 Å². The molecule has 0 N–H and O–H groups in total. The molecule has 0 fully saturated rings. The number of benzene rings is 2. The van der Waals surface area contributed by atoms with Crippen LogP contribution in [0, 0.1) is 6.92 Å². The molecule has 0 aliphatic carbocycles. The van der Waals surface area contributed by atoms with Gasteiger partial charge in [-0.1, -0.05) is 12.1 Å². The Morgan fingerprint density at radius 2 is 1.70 bits per heavy atom. The molecule has 0 atom stereocenters. The van der Waals surface area contributed by atoms with Crippen molar-refractivity contribution in [2.75, 3.05) is 14.2 Å². The van der Waals surface area contributed by atoms with Crippen molar-refractivity contribution >= 4 is 21.9 Å². The Kier molecular flexibility index (Phi) is 5.09. The number of hydrogen-bond acceptors (Lipinski definition) is 5. The first-order valence-corrected chi connectivity index (χ1v) is 10.6. The van der Waals surface area contributed by atoms with Gasteiger partial charge >= 0.3 is 0 Å². The summed E-state index contributed by atoms with van der Waals surface area (Å²) in [5, 5.41) is 0.921. The Morgan fingerprint density at radius 1 is 0.970 bits per heavy atom. The number of rotatable bonds is 5. The maximum Gasteiger partial charge on any atom is 0.283 e. The van der Waals surface area contributed by atoms with Gasteiger partial charge in [-0.25, -0.2) is 4.98 Å². The molecule has 0 aliphatic heterocycles. The minimum Gasteiger partial charge on any atom is -0.497 e. The lowest BCUT2D eigenvalue weighted by atomic mass is 10.1. The zero-order valence-electron chi connectivity index (χ0n) is 19.0. The summed E-state index contributed by atoms with van der Waals surface area (Å²) in [6, 6.07) is 17.4. The second kappa shape index (κ2) is 8.09. The first-order chi connectivity index (χ1) is 16.0. The lowest BCUT2D eigenvalue weighted by Gasteiger charge is -2.14. The van der Waals surface area contributed by atoms with E-state index >= 15 is 0 Å². The summed E-state index contributed by atoms with van der Waals surface area (Å²) in [4.78, 5) is 23.0. The predicted octanol–water partition coefficient (Wildman–Crippen LogP) is 4.19. The molecule has 7 nitrogen and oxygen atoms in total. The van der Waals surface area contributed by atoms with E-state index in [9.17, 15) is 4.79 Å². The molecule has 5 aromatic rings. The molecule has 0 bridgehead atoms. The van der Waals surface area contributed by atoms with Gasteiger partial charge in [0, 0.05) is 31.1 Å². The van der Waals surface area contributed by atoms with E-state index in [1.54, 1.807) is 25.0 Å². The van der Waals surface area contributed by atoms with Crippen LogP contribution in [0.15, 0.2) is 65.6 Å². The van der Waals surface area contributed by atoms with Gasteiger partial charge in [0.15, 0.2) is 5.52 Å². The summed E-state index contributed by atoms with van der Waals surface area (Å²) in [6.07, 6.45) is 2.32. The highest BCUT2D eigenvalue weighted by atomic mass is 16.5. The van der Waals surface area contributed by atoms with E-state index in [1.807, 2.05) is 73.1 Å². The van der Waals surface area contributed by atoms with Crippen LogP contribution in [-0.4, -0.2) is 33.3 Å². The Balaban J connectivity index is 1.79. The van der Waals surface area contributed by atoms with Crippen LogP contribution in [0.25, 0.3) is 27.6 Å². The molecular formula is C26H24N4O3. The summed E-state index contributed by atoms with van der Waals surface area (Å²) >= 11 is 0. The van der Waals surface area contributed by atoms with Crippen molar-refractivity contribution in [1.29, 1.82) is 0 Å². The number of ether oxygens (including phenoxy) is 2. The van der Waals surface area contributed by atoms with Gasteiger partial charge < -0.3 is 14.0 Å². The monoisotopic (exact) mass is 440 g/mol. The highest BCUT2D eigenvalue weighted by Crippen LogP contribution is 2.29. The second-order valence-electron chi connectivity index (χ2n) is 7.94. The molecule has 0 amide bonds. The van der Waals surface area contributed by atoms with Crippen molar-refractivity contribution < 1.29 is 9.47 Å². The molecule has 166 valence electrons. The Bertz CT molecular complexity index is 1550. The number of hydrogen-bond donors (Lipinski definition) is 0. The third kappa shape index (κ3) is 3.42. The average molecular weight is 441 g/mol. The summed E-state index contributed by atoms with van der Waals surface area (Å²) in [6.45, 7) is 1.89. The number of imidazole rings is 1. The SMILES string of the molecule is COc1ccc(Cc2nc3c(=O)n(-c4cccnc4C)c4cc(OC)ccc4c3n2C)cc1. The van der Waals surface area contributed by atoms with E-state index in [-0.39, 0.29) is 5.56 Å². The first-order valence-electron chi connectivity index (χ1n) is 10.6. The number of aryl methyl sites for hydroxylation is 2. The van der Waals surface area contributed by atoms with E-state index < -0.39 is 0 Å². The molecule has 7 heteroatoms. The Labute approximate surface area is 190 Å². The van der Waals surface area contributed by atoms with Crippen LogP contribution in [0.5, 0.6) is 11.5 Å².